The Morgan fingerprint density at radius 1 is 1.06 bits per heavy atom. The van der Waals surface area contributed by atoms with Crippen molar-refractivity contribution in [1.29, 1.82) is 0 Å². The van der Waals surface area contributed by atoms with Gasteiger partial charge >= 0.3 is 0 Å². The quantitative estimate of drug-likeness (QED) is 0.202. The van der Waals surface area contributed by atoms with Crippen LogP contribution in [-0.2, 0) is 0 Å². The van der Waals surface area contributed by atoms with Crippen LogP contribution in [0.3, 0.4) is 0 Å². The average Bonchev–Trinajstić information content (AvgIpc) is 2.09. The second-order valence-electron chi connectivity index (χ2n) is 6.43. The van der Waals surface area contributed by atoms with Crippen LogP contribution >= 0.6 is 67.8 Å². The number of nitrogens with zero attached hydrogens (tertiary/aromatic N) is 3. The number of halogens is 3. The molecule has 0 aliphatic carbocycles. The first-order valence-electron chi connectivity index (χ1n) is 5.63. The van der Waals surface area contributed by atoms with Crippen molar-refractivity contribution >= 4 is 67.8 Å². The molecule has 1 atom stereocenters. The molecular weight excluding hydrogens is 555 g/mol. The molecule has 0 fully saturated rings. The third-order valence-electron chi connectivity index (χ3n) is 2.69. The van der Waals surface area contributed by atoms with Crippen LogP contribution in [0.15, 0.2) is 0 Å². The predicted octanol–water partition coefficient (Wildman–Crippen LogP) is 2.62. The van der Waals surface area contributed by atoms with Crippen molar-refractivity contribution in [3.8, 4) is 0 Å². The first-order valence-corrected chi connectivity index (χ1v) is 9.03. The highest BCUT2D eigenvalue weighted by molar-refractivity contribution is 14.2. The number of alkyl halides is 3. The molecule has 104 valence electrons. The van der Waals surface area contributed by atoms with E-state index in [0.29, 0.717) is 4.05 Å². The molecule has 0 aliphatic rings. The fourth-order valence-corrected chi connectivity index (χ4v) is 3.22. The highest BCUT2D eigenvalue weighted by Crippen LogP contribution is 2.42. The van der Waals surface area contributed by atoms with E-state index in [2.05, 4.69) is 122 Å². The van der Waals surface area contributed by atoms with Crippen molar-refractivity contribution in [2.24, 2.45) is 0 Å². The summed E-state index contributed by atoms with van der Waals surface area (Å²) in [6.07, 6.45) is 0. The monoisotopic (exact) mass is 581 g/mol. The Kier molecular flexibility index (Phi) is 7.50. The molecule has 0 aromatic rings. The van der Waals surface area contributed by atoms with Gasteiger partial charge in [-0.25, -0.2) is 0 Å². The molecule has 0 radical (unpaired) electrons. The third kappa shape index (κ3) is 6.37. The lowest BCUT2D eigenvalue weighted by Gasteiger charge is -2.43. The molecule has 0 bridgehead atoms. The maximum absolute atomic E-state index is 2.59. The van der Waals surface area contributed by atoms with Gasteiger partial charge in [-0.3, -0.25) is 4.90 Å². The standard InChI is InChI=1S/C11H26I3N3/c1-15(8-9-16(2,3)4)10(12)11(13,14)17(5,6)7/h10H,8-9H2,1-7H3/q+2. The molecule has 0 N–H and O–H groups in total. The molecule has 0 saturated heterocycles. The first-order chi connectivity index (χ1) is 7.29. The molecule has 1 unspecified atom stereocenters. The summed E-state index contributed by atoms with van der Waals surface area (Å²) < 4.78 is 2.66. The smallest absolute Gasteiger partial charge is 0.222 e. The summed E-state index contributed by atoms with van der Waals surface area (Å²) in [6.45, 7) is 2.31. The zero-order valence-electron chi connectivity index (χ0n) is 12.0. The van der Waals surface area contributed by atoms with Gasteiger partial charge in [0.1, 0.15) is 4.05 Å². The van der Waals surface area contributed by atoms with E-state index in [-0.39, 0.29) is 1.55 Å². The third-order valence-corrected chi connectivity index (χ3v) is 11.0. The number of likely N-dealkylation sites (N-methyl/N-ethyl adjacent to an activating group) is 3. The first kappa shape index (κ1) is 19.1. The molecule has 17 heavy (non-hydrogen) atoms. The molecule has 3 nitrogen and oxygen atoms in total. The summed E-state index contributed by atoms with van der Waals surface area (Å²) in [4.78, 5) is 2.46. The second kappa shape index (κ2) is 6.68. The van der Waals surface area contributed by atoms with Crippen LogP contribution in [0.5, 0.6) is 0 Å². The minimum atomic E-state index is 0.176. The normalized spacial score (nSPS) is 16.4. The van der Waals surface area contributed by atoms with E-state index in [1.54, 1.807) is 0 Å². The maximum Gasteiger partial charge on any atom is 0.222 e. The lowest BCUT2D eigenvalue weighted by atomic mass is 10.4. The van der Waals surface area contributed by atoms with Gasteiger partial charge in [0.05, 0.1) is 48.8 Å². The maximum atomic E-state index is 2.59. The molecule has 0 rings (SSSR count). The van der Waals surface area contributed by atoms with Crippen LogP contribution in [0.2, 0.25) is 0 Å². The van der Waals surface area contributed by atoms with E-state index >= 15 is 0 Å². The number of quaternary nitrogens is 2. The van der Waals surface area contributed by atoms with Gasteiger partial charge in [-0.2, -0.15) is 0 Å². The summed E-state index contributed by atoms with van der Waals surface area (Å²) in [6, 6.07) is 0. The van der Waals surface area contributed by atoms with Gasteiger partial charge in [0.15, 0.2) is 0 Å². The van der Waals surface area contributed by atoms with E-state index in [4.69, 9.17) is 0 Å². The average molecular weight is 581 g/mol. The zero-order chi connectivity index (χ0) is 14.1. The molecule has 0 aromatic carbocycles. The molecule has 6 heteroatoms. The molecule has 0 spiro atoms. The summed E-state index contributed by atoms with van der Waals surface area (Å²) in [5.41, 5.74) is 0. The van der Waals surface area contributed by atoms with Crippen molar-refractivity contribution in [3.05, 3.63) is 0 Å². The van der Waals surface area contributed by atoms with Gasteiger partial charge < -0.3 is 8.97 Å². The number of hydrogen-bond acceptors (Lipinski definition) is 1. The summed E-state index contributed by atoms with van der Waals surface area (Å²) in [5, 5.41) is 0. The summed E-state index contributed by atoms with van der Waals surface area (Å²) in [7, 11) is 15.8. The van der Waals surface area contributed by atoms with E-state index in [0.717, 1.165) is 15.5 Å². The van der Waals surface area contributed by atoms with Crippen LogP contribution < -0.4 is 0 Å². The number of rotatable bonds is 6. The lowest BCUT2D eigenvalue weighted by Crippen LogP contribution is -2.58. The van der Waals surface area contributed by atoms with Crippen molar-refractivity contribution in [2.75, 3.05) is 62.4 Å². The summed E-state index contributed by atoms with van der Waals surface area (Å²) in [5.74, 6) is 0. The minimum Gasteiger partial charge on any atom is -0.330 e. The van der Waals surface area contributed by atoms with Crippen LogP contribution in [0.25, 0.3) is 0 Å². The van der Waals surface area contributed by atoms with E-state index in [1.165, 1.54) is 6.54 Å². The van der Waals surface area contributed by atoms with E-state index < -0.39 is 0 Å². The van der Waals surface area contributed by atoms with Gasteiger partial charge in [0, 0.05) is 51.7 Å². The van der Waals surface area contributed by atoms with Gasteiger partial charge in [-0.15, -0.1) is 0 Å². The number of hydrogen-bond donors (Lipinski definition) is 0. The summed E-state index contributed by atoms with van der Waals surface area (Å²) >= 11 is 7.75. The Balaban J connectivity index is 4.55. The predicted molar refractivity (Wildman–Crippen MR) is 102 cm³/mol. The minimum absolute atomic E-state index is 0.176. The van der Waals surface area contributed by atoms with Gasteiger partial charge in [0.25, 0.3) is 0 Å². The Labute approximate surface area is 148 Å². The molecular formula is C11H26I3N3+2. The van der Waals surface area contributed by atoms with Crippen molar-refractivity contribution in [3.63, 3.8) is 0 Å². The van der Waals surface area contributed by atoms with Crippen LogP contribution in [0.1, 0.15) is 0 Å². The largest absolute Gasteiger partial charge is 0.330 e. The highest BCUT2D eigenvalue weighted by Gasteiger charge is 2.46. The highest BCUT2D eigenvalue weighted by atomic mass is 127. The topological polar surface area (TPSA) is 3.24 Å². The fraction of sp³-hybridized carbons (Fsp3) is 1.00. The molecule has 0 heterocycles. The van der Waals surface area contributed by atoms with Crippen LogP contribution in [-0.4, -0.2) is 81.9 Å². The van der Waals surface area contributed by atoms with Gasteiger partial charge in [-0.1, -0.05) is 22.6 Å². The molecule has 0 aromatic heterocycles. The molecule has 0 aliphatic heterocycles. The second-order valence-corrected chi connectivity index (χ2v) is 13.0. The van der Waals surface area contributed by atoms with Crippen LogP contribution in [0, 0.1) is 0 Å². The molecule has 0 saturated carbocycles. The van der Waals surface area contributed by atoms with Crippen molar-refractivity contribution in [2.45, 2.75) is 5.60 Å². The van der Waals surface area contributed by atoms with E-state index in [9.17, 15) is 0 Å². The SMILES string of the molecule is CN(CC[N+](C)(C)C)C(I)C(I)(I)[N+](C)(C)C. The Bertz CT molecular complexity index is 243. The van der Waals surface area contributed by atoms with Crippen LogP contribution in [0.4, 0.5) is 0 Å². The zero-order valence-corrected chi connectivity index (χ0v) is 18.4. The Morgan fingerprint density at radius 3 is 1.76 bits per heavy atom. The fourth-order valence-electron chi connectivity index (χ4n) is 1.16. The van der Waals surface area contributed by atoms with Crippen molar-refractivity contribution < 1.29 is 8.97 Å². The lowest BCUT2D eigenvalue weighted by molar-refractivity contribution is -0.882. The van der Waals surface area contributed by atoms with Gasteiger partial charge in [0.2, 0.25) is 1.55 Å². The van der Waals surface area contributed by atoms with E-state index in [1.807, 2.05) is 0 Å². The Hall–Kier alpha value is 2.07. The van der Waals surface area contributed by atoms with Gasteiger partial charge in [-0.05, 0) is 7.05 Å². The molecule has 0 amide bonds. The Morgan fingerprint density at radius 2 is 1.47 bits per heavy atom. The van der Waals surface area contributed by atoms with Crippen molar-refractivity contribution in [1.82, 2.24) is 4.90 Å².